The number of anilines is 1. The second-order valence-corrected chi connectivity index (χ2v) is 6.26. The first-order valence-corrected chi connectivity index (χ1v) is 8.01. The van der Waals surface area contributed by atoms with Gasteiger partial charge in [-0.2, -0.15) is 0 Å². The molecule has 6 heteroatoms. The van der Waals surface area contributed by atoms with Crippen molar-refractivity contribution in [1.29, 1.82) is 0 Å². The van der Waals surface area contributed by atoms with E-state index in [0.29, 0.717) is 19.0 Å². The molecule has 0 spiro atoms. The number of amides is 1. The van der Waals surface area contributed by atoms with Gasteiger partial charge in [-0.05, 0) is 35.0 Å². The van der Waals surface area contributed by atoms with Gasteiger partial charge < -0.3 is 9.80 Å². The molecule has 1 amide bonds. The molecule has 22 heavy (non-hydrogen) atoms. The average Bonchev–Trinajstić information content (AvgIpc) is 2.56. The molecule has 0 bridgehead atoms. The van der Waals surface area contributed by atoms with Crippen LogP contribution in [-0.2, 0) is 0 Å². The second kappa shape index (κ2) is 6.44. The minimum Gasteiger partial charge on any atom is -0.337 e. The molecule has 2 heterocycles. The van der Waals surface area contributed by atoms with Crippen LogP contribution in [0.25, 0.3) is 0 Å². The summed E-state index contributed by atoms with van der Waals surface area (Å²) in [7, 11) is 0. The Kier molecular flexibility index (Phi) is 4.38. The van der Waals surface area contributed by atoms with E-state index in [4.69, 9.17) is 0 Å². The Morgan fingerprint density at radius 1 is 1.05 bits per heavy atom. The summed E-state index contributed by atoms with van der Waals surface area (Å²) in [6, 6.07) is 7.72. The molecule has 0 atom stereocenters. The van der Waals surface area contributed by atoms with Crippen molar-refractivity contribution in [3.8, 4) is 0 Å². The Morgan fingerprint density at radius 3 is 2.23 bits per heavy atom. The van der Waals surface area contributed by atoms with E-state index in [1.54, 1.807) is 12.4 Å². The molecule has 1 aliphatic heterocycles. The van der Waals surface area contributed by atoms with E-state index in [9.17, 15) is 4.79 Å². The van der Waals surface area contributed by atoms with Crippen molar-refractivity contribution < 1.29 is 4.79 Å². The maximum Gasteiger partial charge on any atom is 0.253 e. The molecular weight excluding hydrogens is 344 g/mol. The number of carbonyl (C=O) groups is 1. The first-order chi connectivity index (χ1) is 10.6. The number of piperazine rings is 1. The van der Waals surface area contributed by atoms with Crippen LogP contribution >= 0.6 is 15.9 Å². The zero-order chi connectivity index (χ0) is 15.5. The van der Waals surface area contributed by atoms with Gasteiger partial charge in [0.15, 0.2) is 0 Å². The molecule has 114 valence electrons. The molecule has 1 fully saturated rings. The SMILES string of the molecule is Cc1ccc(C(=O)N2CCN(c3ncc(Br)cn3)CC2)cc1. The van der Waals surface area contributed by atoms with Gasteiger partial charge in [0.25, 0.3) is 5.91 Å². The van der Waals surface area contributed by atoms with Crippen LogP contribution in [0.4, 0.5) is 5.95 Å². The lowest BCUT2D eigenvalue weighted by Crippen LogP contribution is -2.49. The van der Waals surface area contributed by atoms with Crippen molar-refractivity contribution in [2.75, 3.05) is 31.1 Å². The van der Waals surface area contributed by atoms with Gasteiger partial charge in [0, 0.05) is 44.1 Å². The molecule has 1 aromatic carbocycles. The minimum atomic E-state index is 0.0939. The van der Waals surface area contributed by atoms with E-state index in [1.165, 1.54) is 0 Å². The summed E-state index contributed by atoms with van der Waals surface area (Å²) >= 11 is 3.33. The van der Waals surface area contributed by atoms with Crippen LogP contribution in [-0.4, -0.2) is 47.0 Å². The summed E-state index contributed by atoms with van der Waals surface area (Å²) in [5, 5.41) is 0. The summed E-state index contributed by atoms with van der Waals surface area (Å²) in [5.74, 6) is 0.807. The summed E-state index contributed by atoms with van der Waals surface area (Å²) in [5.41, 5.74) is 1.91. The van der Waals surface area contributed by atoms with Crippen molar-refractivity contribution in [2.24, 2.45) is 0 Å². The molecule has 0 N–H and O–H groups in total. The van der Waals surface area contributed by atoms with Crippen molar-refractivity contribution >= 4 is 27.8 Å². The van der Waals surface area contributed by atoms with Crippen LogP contribution in [0, 0.1) is 6.92 Å². The predicted octanol–water partition coefficient (Wildman–Crippen LogP) is 2.51. The third kappa shape index (κ3) is 3.27. The van der Waals surface area contributed by atoms with E-state index >= 15 is 0 Å². The number of halogens is 1. The maximum absolute atomic E-state index is 12.5. The Morgan fingerprint density at radius 2 is 1.64 bits per heavy atom. The molecule has 2 aromatic rings. The smallest absolute Gasteiger partial charge is 0.253 e. The van der Waals surface area contributed by atoms with Crippen LogP contribution in [0.3, 0.4) is 0 Å². The number of carbonyl (C=O) groups excluding carboxylic acids is 1. The fourth-order valence-corrected chi connectivity index (χ4v) is 2.66. The van der Waals surface area contributed by atoms with Crippen LogP contribution in [0.2, 0.25) is 0 Å². The van der Waals surface area contributed by atoms with Crippen molar-refractivity contribution in [3.63, 3.8) is 0 Å². The van der Waals surface area contributed by atoms with Gasteiger partial charge >= 0.3 is 0 Å². The topological polar surface area (TPSA) is 49.3 Å². The molecule has 0 saturated carbocycles. The normalized spacial score (nSPS) is 15.0. The lowest BCUT2D eigenvalue weighted by Gasteiger charge is -2.34. The molecule has 1 saturated heterocycles. The fraction of sp³-hybridized carbons (Fsp3) is 0.312. The summed E-state index contributed by atoms with van der Waals surface area (Å²) < 4.78 is 0.865. The Hall–Kier alpha value is -1.95. The summed E-state index contributed by atoms with van der Waals surface area (Å²) in [6.45, 7) is 4.89. The maximum atomic E-state index is 12.5. The largest absolute Gasteiger partial charge is 0.337 e. The summed E-state index contributed by atoms with van der Waals surface area (Å²) in [6.07, 6.45) is 3.48. The van der Waals surface area contributed by atoms with E-state index in [2.05, 4.69) is 30.8 Å². The monoisotopic (exact) mass is 360 g/mol. The standard InChI is InChI=1S/C16H17BrN4O/c1-12-2-4-13(5-3-12)15(22)20-6-8-21(9-7-20)16-18-10-14(17)11-19-16/h2-5,10-11H,6-9H2,1H3. The molecule has 5 nitrogen and oxygen atoms in total. The molecule has 3 rings (SSSR count). The van der Waals surface area contributed by atoms with E-state index in [0.717, 1.165) is 28.7 Å². The first-order valence-electron chi connectivity index (χ1n) is 7.22. The van der Waals surface area contributed by atoms with Crippen LogP contribution in [0.15, 0.2) is 41.1 Å². The van der Waals surface area contributed by atoms with Crippen molar-refractivity contribution in [3.05, 3.63) is 52.3 Å². The summed E-state index contributed by atoms with van der Waals surface area (Å²) in [4.78, 5) is 25.1. The van der Waals surface area contributed by atoms with Crippen molar-refractivity contribution in [1.82, 2.24) is 14.9 Å². The quantitative estimate of drug-likeness (QED) is 0.825. The number of hydrogen-bond donors (Lipinski definition) is 0. The number of benzene rings is 1. The lowest BCUT2D eigenvalue weighted by molar-refractivity contribution is 0.0746. The molecule has 0 radical (unpaired) electrons. The highest BCUT2D eigenvalue weighted by Crippen LogP contribution is 2.15. The zero-order valence-corrected chi connectivity index (χ0v) is 14.0. The number of aromatic nitrogens is 2. The van der Waals surface area contributed by atoms with Gasteiger partial charge in [0.1, 0.15) is 0 Å². The third-order valence-corrected chi connectivity index (χ3v) is 4.16. The van der Waals surface area contributed by atoms with E-state index in [1.807, 2.05) is 36.1 Å². The molecule has 0 aliphatic carbocycles. The van der Waals surface area contributed by atoms with Crippen LogP contribution in [0.1, 0.15) is 15.9 Å². The highest BCUT2D eigenvalue weighted by atomic mass is 79.9. The van der Waals surface area contributed by atoms with Gasteiger partial charge in [-0.1, -0.05) is 17.7 Å². The minimum absolute atomic E-state index is 0.0939. The highest BCUT2D eigenvalue weighted by molar-refractivity contribution is 9.10. The van der Waals surface area contributed by atoms with Crippen LogP contribution < -0.4 is 4.90 Å². The third-order valence-electron chi connectivity index (χ3n) is 3.75. The zero-order valence-electron chi connectivity index (χ0n) is 12.4. The Labute approximate surface area is 138 Å². The number of rotatable bonds is 2. The van der Waals surface area contributed by atoms with Crippen LogP contribution in [0.5, 0.6) is 0 Å². The van der Waals surface area contributed by atoms with E-state index < -0.39 is 0 Å². The van der Waals surface area contributed by atoms with Gasteiger partial charge in [-0.15, -0.1) is 0 Å². The first kappa shape index (κ1) is 15.0. The lowest BCUT2D eigenvalue weighted by atomic mass is 10.1. The molecule has 1 aliphatic rings. The number of aryl methyl sites for hydroxylation is 1. The number of hydrogen-bond acceptors (Lipinski definition) is 4. The predicted molar refractivity (Wildman–Crippen MR) is 89.0 cm³/mol. The van der Waals surface area contributed by atoms with Gasteiger partial charge in [-0.25, -0.2) is 9.97 Å². The fourth-order valence-electron chi connectivity index (χ4n) is 2.46. The highest BCUT2D eigenvalue weighted by Gasteiger charge is 2.23. The van der Waals surface area contributed by atoms with Gasteiger partial charge in [-0.3, -0.25) is 4.79 Å². The second-order valence-electron chi connectivity index (χ2n) is 5.35. The van der Waals surface area contributed by atoms with E-state index in [-0.39, 0.29) is 5.91 Å². The Bertz CT molecular complexity index is 649. The van der Waals surface area contributed by atoms with Gasteiger partial charge in [0.05, 0.1) is 4.47 Å². The molecule has 0 unspecified atom stereocenters. The molecule has 1 aromatic heterocycles. The number of nitrogens with zero attached hydrogens (tertiary/aromatic N) is 4. The Balaban J connectivity index is 1.62. The molecular formula is C16H17BrN4O. The average molecular weight is 361 g/mol. The van der Waals surface area contributed by atoms with Crippen molar-refractivity contribution in [2.45, 2.75) is 6.92 Å². The van der Waals surface area contributed by atoms with Gasteiger partial charge in [0.2, 0.25) is 5.95 Å².